The fourth-order valence-corrected chi connectivity index (χ4v) is 24.7. The van der Waals surface area contributed by atoms with Crippen LogP contribution in [-0.4, -0.2) is 296 Å². The van der Waals surface area contributed by atoms with Gasteiger partial charge < -0.3 is 77.6 Å². The molecule has 15 heterocycles. The molecule has 3 amide bonds. The number of alkyl halides is 2. The first-order valence-electron chi connectivity index (χ1n) is 49.4. The minimum absolute atomic E-state index is 0.00234. The number of ether oxygens (including phenoxy) is 4. The summed E-state index contributed by atoms with van der Waals surface area (Å²) in [7, 11) is 1.43. The van der Waals surface area contributed by atoms with E-state index in [4.69, 9.17) is 103 Å². The molecule has 6 aromatic carbocycles. The predicted octanol–water partition coefficient (Wildman–Crippen LogP) is 16.5. The molecule has 0 aliphatic carbocycles. The predicted molar refractivity (Wildman–Crippen MR) is 536 cm³/mol. The summed E-state index contributed by atoms with van der Waals surface area (Å²) in [6.07, 6.45) is 13.4. The van der Waals surface area contributed by atoms with Crippen molar-refractivity contribution in [2.24, 2.45) is 0 Å². The Kier molecular flexibility index (Phi) is 30.2. The van der Waals surface area contributed by atoms with Crippen molar-refractivity contribution in [3.8, 4) is 18.0 Å². The van der Waals surface area contributed by atoms with Crippen molar-refractivity contribution in [3.63, 3.8) is 0 Å². The molecule has 9 aromatic rings. The lowest BCUT2D eigenvalue weighted by atomic mass is 9.93. The number of rotatable bonds is 24. The van der Waals surface area contributed by atoms with Crippen LogP contribution in [0.4, 0.5) is 69.6 Å². The number of allylic oxidation sites excluding steroid dienone is 1. The van der Waals surface area contributed by atoms with Crippen LogP contribution in [0.15, 0.2) is 127 Å². The van der Waals surface area contributed by atoms with Crippen molar-refractivity contribution in [2.45, 2.75) is 150 Å². The number of carbonyl (C=O) groups excluding carboxylic acids is 3. The smallest absolute Gasteiger partial charge is 0.318 e. The Morgan fingerprint density at radius 3 is 1.16 bits per heavy atom. The topological polar surface area (TPSA) is 217 Å². The monoisotopic (exact) mass is 2040 g/mol. The average Bonchev–Trinajstić information content (AvgIpc) is 1.56. The number of hydrogen-bond acceptors (Lipinski definition) is 22. The van der Waals surface area contributed by atoms with Crippen molar-refractivity contribution in [2.75, 3.05) is 207 Å². The average molecular weight is 2040 g/mol. The molecule has 0 radical (unpaired) electrons. The molecule has 756 valence electrons. The molecule has 3 aromatic heterocycles. The third-order valence-electron chi connectivity index (χ3n) is 31.1. The van der Waals surface area contributed by atoms with Crippen molar-refractivity contribution in [1.82, 2.24) is 59.3 Å². The number of methoxy groups -OCH3 is 1. The summed E-state index contributed by atoms with van der Waals surface area (Å²) in [5.41, 5.74) is 6.79. The molecule has 0 saturated carbocycles. The van der Waals surface area contributed by atoms with Gasteiger partial charge in [0.1, 0.15) is 85.7 Å². The largest absolute Gasteiger partial charge is 0.461 e. The second-order valence-electron chi connectivity index (χ2n) is 39.1. The van der Waals surface area contributed by atoms with Gasteiger partial charge in [0, 0.05) is 142 Å². The summed E-state index contributed by atoms with van der Waals surface area (Å²) in [6, 6.07) is 25.6. The molecule has 39 heteroatoms. The molecule has 0 N–H and O–H groups in total. The van der Waals surface area contributed by atoms with Crippen LogP contribution in [0.2, 0.25) is 15.1 Å². The third kappa shape index (κ3) is 19.9. The summed E-state index contributed by atoms with van der Waals surface area (Å²) >= 11 is 19.5. The number of fused-ring (bicyclic) bond motifs is 9. The number of piperazine rings is 3. The lowest BCUT2D eigenvalue weighted by molar-refractivity contribution is -0.131. The number of aromatic nitrogens is 6. The Bertz CT molecular complexity index is 6610. The zero-order valence-electron chi connectivity index (χ0n) is 80.1. The number of carbonyl (C=O) groups is 3. The maximum Gasteiger partial charge on any atom is 0.318 e. The van der Waals surface area contributed by atoms with Gasteiger partial charge in [0.15, 0.2) is 17.5 Å². The van der Waals surface area contributed by atoms with E-state index in [-0.39, 0.29) is 104 Å². The van der Waals surface area contributed by atoms with E-state index in [0.29, 0.717) is 169 Å². The molecule has 21 rings (SSSR count). The van der Waals surface area contributed by atoms with Crippen LogP contribution in [0.25, 0.3) is 46.9 Å². The zero-order valence-corrected chi connectivity index (χ0v) is 82.4. The first-order valence-corrected chi connectivity index (χ1v) is 50.6. The van der Waals surface area contributed by atoms with Crippen LogP contribution < -0.4 is 43.6 Å². The van der Waals surface area contributed by atoms with Crippen molar-refractivity contribution in [3.05, 3.63) is 228 Å². The molecule has 0 spiro atoms. The van der Waals surface area contributed by atoms with E-state index in [0.717, 1.165) is 158 Å². The Morgan fingerprint density at radius 1 is 0.444 bits per heavy atom. The van der Waals surface area contributed by atoms with Gasteiger partial charge in [-0.3, -0.25) is 29.1 Å². The molecule has 5 atom stereocenters. The van der Waals surface area contributed by atoms with E-state index >= 15 is 4.39 Å². The SMILES string of the molecule is [C-]#[N+]C[C@H]1CN(c2nc(OCC34CCCN3CCC4)nc3c2CCN(c2cccc4ccc(F)c(Cl)c24)C3)CCN1C(=O)/C(F)=C/CF.[C-]#[N+]C[C@H]1CN(c2nc(OCC34CCCN3CCC4)nc3c2CCN(c2cccc4ccc(F)c(Cl)c24)C3)CCN1C(=O)/C(F)=C/COC.[C-]#[N+]C[C@H]1CN(c2nc(OCC34CCCN3CCC4F)nc3c2CCN(c2cccc4ccc(F)c(Cl)c24)C3)CCN1C(=O)C(=C)F. The van der Waals surface area contributed by atoms with Gasteiger partial charge in [0.25, 0.3) is 17.7 Å². The molecule has 2 unspecified atom stereocenters. The molecule has 12 aliphatic rings. The number of halogens is 11. The van der Waals surface area contributed by atoms with Gasteiger partial charge in [-0.1, -0.05) is 96.0 Å². The Hall–Kier alpha value is -12.2. The number of benzene rings is 6. The quantitative estimate of drug-likeness (QED) is 0.0312. The van der Waals surface area contributed by atoms with Gasteiger partial charge >= 0.3 is 18.0 Å². The second kappa shape index (κ2) is 43.2. The van der Waals surface area contributed by atoms with E-state index in [1.807, 2.05) is 64.4 Å². The highest BCUT2D eigenvalue weighted by Crippen LogP contribution is 2.48. The van der Waals surface area contributed by atoms with Crippen molar-refractivity contribution < 1.29 is 68.5 Å². The summed E-state index contributed by atoms with van der Waals surface area (Å²) in [5, 5.41) is 4.67. The van der Waals surface area contributed by atoms with Crippen molar-refractivity contribution >= 4 is 119 Å². The minimum Gasteiger partial charge on any atom is -0.461 e. The lowest BCUT2D eigenvalue weighted by Gasteiger charge is -2.41. The fourth-order valence-electron chi connectivity index (χ4n) is 23.9. The van der Waals surface area contributed by atoms with Crippen molar-refractivity contribution in [1.29, 1.82) is 0 Å². The highest BCUT2D eigenvalue weighted by Gasteiger charge is 2.54. The molecule has 28 nitrogen and oxygen atoms in total. The number of amides is 3. The fraction of sp³-hybridized carbons (Fsp3) is 0.486. The van der Waals surface area contributed by atoms with Crippen LogP contribution in [0, 0.1) is 37.2 Å². The molecule has 9 fully saturated rings. The van der Waals surface area contributed by atoms with Gasteiger partial charge in [0.05, 0.1) is 75.0 Å². The van der Waals surface area contributed by atoms with Crippen LogP contribution in [-0.2, 0) is 58.0 Å². The van der Waals surface area contributed by atoms with Crippen LogP contribution in [0.5, 0.6) is 18.0 Å². The minimum atomic E-state index is -1.16. The maximum absolute atomic E-state index is 15.3. The van der Waals surface area contributed by atoms with E-state index in [1.165, 1.54) is 40.0 Å². The number of nitrogens with zero attached hydrogens (tertiary/aromatic N) is 21. The number of anilines is 6. The van der Waals surface area contributed by atoms with Gasteiger partial charge in [0.2, 0.25) is 19.6 Å². The molecule has 0 bridgehead atoms. The molecular formula is C105H112Cl3F8N21O7. The van der Waals surface area contributed by atoms with Gasteiger partial charge in [-0.2, -0.15) is 29.9 Å². The highest BCUT2D eigenvalue weighted by molar-refractivity contribution is 6.38. The first-order chi connectivity index (χ1) is 69.8. The van der Waals surface area contributed by atoms with E-state index in [2.05, 4.69) is 55.4 Å². The lowest BCUT2D eigenvalue weighted by Crippen LogP contribution is -2.57. The molecular weight excluding hydrogens is 1930 g/mol. The molecule has 12 aliphatic heterocycles. The molecule has 144 heavy (non-hydrogen) atoms. The highest BCUT2D eigenvalue weighted by atomic mass is 35.5. The zero-order chi connectivity index (χ0) is 100. The Labute approximate surface area is 845 Å². The van der Waals surface area contributed by atoms with Crippen LogP contribution >= 0.6 is 34.8 Å². The summed E-state index contributed by atoms with van der Waals surface area (Å²) < 4.78 is 139. The van der Waals surface area contributed by atoms with Gasteiger partial charge in [-0.25, -0.2) is 54.8 Å². The van der Waals surface area contributed by atoms with Gasteiger partial charge in [-0.05, 0) is 187 Å². The standard InChI is InChI=1S/C36H40ClF2N7O3.C35H37ClF3N7O2.C34H35ClF3N7O2/c1-40-20-25-21-44(17-18-46(25)34(47)28(39)11-19-48-2)33-26-10-16-43(30-7-3-6-24-8-9-27(38)32(37)31(24)30)22-29(26)41-35(42-33)49-23-36-12-4-14-45(36)15-5-13-36;1-40-19-24-20-44(17-18-46(24)33(47)27(39)9-13-37)32-25-10-16-43(29-6-2-5-23-7-8-26(38)31(36)30(23)29)21-28(25)41-34(42-32)48-22-35-11-3-14-45(35)15-4-12-35;1-21(36)32(46)45-16-15-43(18-23(45)17-39-2)31-24-9-13-42(27-6-3-5-22-7-8-25(37)30(35)29(22)27)19-26(24)40-33(41-31)47-20-34-11-4-12-44(34)14-10-28(34)38/h3,6-9,11,25H,4-5,10,12-23H2,2H3;2,5-9,24H,3-4,10-22H2;3,5-8,23,28H,1,4,9-20H2/b28-11-;27-9-;/t25-;24-;23-,28?,34?/m000/s1. The van der Waals surface area contributed by atoms with E-state index in [1.54, 1.807) is 18.2 Å². The van der Waals surface area contributed by atoms with Crippen LogP contribution in [0.3, 0.4) is 0 Å². The normalized spacial score (nSPS) is 22.0. The Balaban J connectivity index is 0.000000137. The Morgan fingerprint density at radius 2 is 0.799 bits per heavy atom. The summed E-state index contributed by atoms with van der Waals surface area (Å²) in [5.74, 6) is -5.00. The second-order valence-corrected chi connectivity index (χ2v) is 40.2. The third-order valence-corrected chi connectivity index (χ3v) is 32.2. The first kappa shape index (κ1) is 100. The maximum atomic E-state index is 15.3. The van der Waals surface area contributed by atoms with Gasteiger partial charge in [-0.15, -0.1) is 0 Å². The van der Waals surface area contributed by atoms with Crippen LogP contribution in [0.1, 0.15) is 104 Å². The van der Waals surface area contributed by atoms with E-state index in [9.17, 15) is 45.1 Å². The summed E-state index contributed by atoms with van der Waals surface area (Å²) in [4.78, 5) is 103. The molecule has 9 saturated heterocycles. The van der Waals surface area contributed by atoms with E-state index < -0.39 is 89.2 Å². The number of hydrogen-bond donors (Lipinski definition) is 0. The summed E-state index contributed by atoms with van der Waals surface area (Å²) in [6.45, 7) is 37.0.